The Kier molecular flexibility index (Phi) is 4.63. The lowest BCUT2D eigenvalue weighted by molar-refractivity contribution is 0.159. The molecule has 7 heteroatoms. The van der Waals surface area contributed by atoms with Crippen LogP contribution < -0.4 is 15.8 Å². The first-order valence-corrected chi connectivity index (χ1v) is 8.01. The summed E-state index contributed by atoms with van der Waals surface area (Å²) in [5.41, 5.74) is 5.78. The first-order chi connectivity index (χ1) is 10.6. The molecule has 3 rings (SSSR count). The van der Waals surface area contributed by atoms with Crippen molar-refractivity contribution in [3.8, 4) is 5.88 Å². The van der Waals surface area contributed by atoms with Crippen LogP contribution in [0.2, 0.25) is 0 Å². The number of nitrogens with zero attached hydrogens (tertiary/aromatic N) is 3. The summed E-state index contributed by atoms with van der Waals surface area (Å²) in [5, 5.41) is 3.44. The molecule has 0 saturated carbocycles. The third-order valence-corrected chi connectivity index (χ3v) is 4.07. The number of likely N-dealkylation sites (tertiary alicyclic amines) is 1. The fraction of sp³-hybridized carbons (Fsp3) is 0.733. The van der Waals surface area contributed by atoms with Crippen LogP contribution in [0.25, 0.3) is 0 Å². The second kappa shape index (κ2) is 6.66. The summed E-state index contributed by atoms with van der Waals surface area (Å²) in [5.74, 6) is 1.42. The van der Waals surface area contributed by atoms with Crippen molar-refractivity contribution in [1.82, 2.24) is 14.9 Å². The minimum atomic E-state index is 0.0503. The zero-order valence-electron chi connectivity index (χ0n) is 13.3. The van der Waals surface area contributed by atoms with Gasteiger partial charge in [0.05, 0.1) is 31.4 Å². The average molecular weight is 307 g/mol. The highest BCUT2D eigenvalue weighted by atomic mass is 16.5. The van der Waals surface area contributed by atoms with Gasteiger partial charge >= 0.3 is 0 Å². The molecule has 0 radical (unpaired) electrons. The number of hydrogen-bond donors (Lipinski definition) is 2. The molecule has 0 aliphatic carbocycles. The van der Waals surface area contributed by atoms with Crippen molar-refractivity contribution < 1.29 is 9.47 Å². The summed E-state index contributed by atoms with van der Waals surface area (Å²) in [6, 6.07) is 2.42. The molecule has 2 aliphatic rings. The predicted molar refractivity (Wildman–Crippen MR) is 85.0 cm³/mol. The van der Waals surface area contributed by atoms with Gasteiger partial charge in [-0.25, -0.2) is 0 Å². The molecular weight excluding hydrogens is 282 g/mol. The monoisotopic (exact) mass is 307 g/mol. The maximum atomic E-state index is 5.78. The molecule has 0 bridgehead atoms. The first kappa shape index (κ1) is 15.3. The van der Waals surface area contributed by atoms with Crippen molar-refractivity contribution in [3.63, 3.8) is 0 Å². The molecule has 2 atom stereocenters. The van der Waals surface area contributed by atoms with E-state index in [0.29, 0.717) is 24.3 Å². The number of anilines is 2. The van der Waals surface area contributed by atoms with Crippen LogP contribution in [0.1, 0.15) is 26.7 Å². The van der Waals surface area contributed by atoms with E-state index in [1.165, 1.54) is 12.8 Å². The molecule has 3 heterocycles. The maximum absolute atomic E-state index is 5.78. The topological polar surface area (TPSA) is 85.5 Å². The van der Waals surface area contributed by atoms with Crippen molar-refractivity contribution in [2.75, 3.05) is 37.4 Å². The summed E-state index contributed by atoms with van der Waals surface area (Å²) < 4.78 is 11.3. The van der Waals surface area contributed by atoms with Gasteiger partial charge in [0.2, 0.25) is 11.8 Å². The van der Waals surface area contributed by atoms with Crippen molar-refractivity contribution in [3.05, 3.63) is 6.07 Å². The molecule has 1 aromatic rings. The number of ether oxygens (including phenoxy) is 2. The zero-order chi connectivity index (χ0) is 15.5. The van der Waals surface area contributed by atoms with Crippen molar-refractivity contribution in [2.45, 2.75) is 44.9 Å². The zero-order valence-corrected chi connectivity index (χ0v) is 13.3. The van der Waals surface area contributed by atoms with E-state index in [2.05, 4.69) is 20.2 Å². The fourth-order valence-electron chi connectivity index (χ4n) is 3.12. The van der Waals surface area contributed by atoms with Crippen molar-refractivity contribution in [2.24, 2.45) is 0 Å². The lowest BCUT2D eigenvalue weighted by Gasteiger charge is -2.28. The van der Waals surface area contributed by atoms with Crippen LogP contribution in [0.3, 0.4) is 0 Å². The van der Waals surface area contributed by atoms with Crippen LogP contribution in [0.5, 0.6) is 5.88 Å². The van der Waals surface area contributed by atoms with Crippen LogP contribution in [0.4, 0.5) is 11.8 Å². The number of nitrogen functional groups attached to an aromatic ring is 1. The molecule has 2 fully saturated rings. The summed E-state index contributed by atoms with van der Waals surface area (Å²) >= 11 is 0. The van der Waals surface area contributed by atoms with E-state index in [4.69, 9.17) is 15.2 Å². The maximum Gasteiger partial charge on any atom is 0.225 e. The fourth-order valence-corrected chi connectivity index (χ4v) is 3.12. The minimum absolute atomic E-state index is 0.0503. The molecule has 0 amide bonds. The second-order valence-corrected chi connectivity index (χ2v) is 6.21. The highest BCUT2D eigenvalue weighted by Crippen LogP contribution is 2.23. The van der Waals surface area contributed by atoms with Gasteiger partial charge in [-0.3, -0.25) is 4.90 Å². The SMILES string of the molecule is CC(C)Oc1cc(N[C@H]2COC[C@@H]2N2CCCC2)nc(N)n1. The van der Waals surface area contributed by atoms with Crippen molar-refractivity contribution >= 4 is 11.8 Å². The highest BCUT2D eigenvalue weighted by molar-refractivity contribution is 5.44. The van der Waals surface area contributed by atoms with E-state index in [0.717, 1.165) is 19.7 Å². The minimum Gasteiger partial charge on any atom is -0.475 e. The molecule has 2 saturated heterocycles. The number of nitrogens with two attached hydrogens (primary N) is 1. The quantitative estimate of drug-likeness (QED) is 0.843. The molecule has 0 aromatic carbocycles. The summed E-state index contributed by atoms with van der Waals surface area (Å²) in [4.78, 5) is 10.9. The van der Waals surface area contributed by atoms with Crippen LogP contribution in [0.15, 0.2) is 6.07 Å². The number of aromatic nitrogens is 2. The third kappa shape index (κ3) is 3.59. The Balaban J connectivity index is 1.70. The first-order valence-electron chi connectivity index (χ1n) is 8.01. The normalized spacial score (nSPS) is 25.8. The number of hydrogen-bond acceptors (Lipinski definition) is 7. The van der Waals surface area contributed by atoms with Gasteiger partial charge in [0.25, 0.3) is 0 Å². The Morgan fingerprint density at radius 2 is 2.09 bits per heavy atom. The summed E-state index contributed by atoms with van der Waals surface area (Å²) in [6.07, 6.45) is 2.60. The van der Waals surface area contributed by atoms with Gasteiger partial charge in [0.1, 0.15) is 5.82 Å². The van der Waals surface area contributed by atoms with Crippen molar-refractivity contribution in [1.29, 1.82) is 0 Å². The molecule has 1 aromatic heterocycles. The molecule has 7 nitrogen and oxygen atoms in total. The Morgan fingerprint density at radius 1 is 1.32 bits per heavy atom. The second-order valence-electron chi connectivity index (χ2n) is 6.21. The Hall–Kier alpha value is -1.60. The summed E-state index contributed by atoms with van der Waals surface area (Å²) in [6.45, 7) is 7.68. The average Bonchev–Trinajstić information content (AvgIpc) is 3.06. The Labute approximate surface area is 131 Å². The smallest absolute Gasteiger partial charge is 0.225 e. The highest BCUT2D eigenvalue weighted by Gasteiger charge is 2.34. The Bertz CT molecular complexity index is 505. The lowest BCUT2D eigenvalue weighted by Crippen LogP contribution is -2.45. The lowest BCUT2D eigenvalue weighted by atomic mass is 10.1. The standard InChI is InChI=1S/C15H25N5O2/c1-10(2)22-14-7-13(18-15(16)19-14)17-11-8-21-9-12(11)20-5-3-4-6-20/h7,10-12H,3-6,8-9H2,1-2H3,(H3,16,17,18,19)/t11-,12-/m0/s1. The molecule has 122 valence electrons. The largest absolute Gasteiger partial charge is 0.475 e. The molecule has 3 N–H and O–H groups in total. The van der Waals surface area contributed by atoms with Gasteiger partial charge in [-0.1, -0.05) is 0 Å². The summed E-state index contributed by atoms with van der Waals surface area (Å²) in [7, 11) is 0. The van der Waals surface area contributed by atoms with Gasteiger partial charge in [0, 0.05) is 6.07 Å². The molecule has 0 spiro atoms. The molecular formula is C15H25N5O2. The molecule has 0 unspecified atom stereocenters. The Morgan fingerprint density at radius 3 is 2.82 bits per heavy atom. The van der Waals surface area contributed by atoms with Gasteiger partial charge in [-0.15, -0.1) is 0 Å². The van der Waals surface area contributed by atoms with E-state index < -0.39 is 0 Å². The van der Waals surface area contributed by atoms with Crippen LogP contribution >= 0.6 is 0 Å². The van der Waals surface area contributed by atoms with Crippen LogP contribution in [-0.2, 0) is 4.74 Å². The van der Waals surface area contributed by atoms with Gasteiger partial charge in [-0.05, 0) is 39.8 Å². The van der Waals surface area contributed by atoms with Crippen LogP contribution in [0, 0.1) is 0 Å². The van der Waals surface area contributed by atoms with Crippen LogP contribution in [-0.4, -0.2) is 59.4 Å². The van der Waals surface area contributed by atoms with E-state index in [9.17, 15) is 0 Å². The number of rotatable bonds is 5. The molecule has 22 heavy (non-hydrogen) atoms. The van der Waals surface area contributed by atoms with Gasteiger partial charge in [0.15, 0.2) is 0 Å². The predicted octanol–water partition coefficient (Wildman–Crippen LogP) is 1.12. The number of nitrogens with one attached hydrogen (secondary N) is 1. The van der Waals surface area contributed by atoms with E-state index in [1.807, 2.05) is 13.8 Å². The van der Waals surface area contributed by atoms with Gasteiger partial charge in [-0.2, -0.15) is 9.97 Å². The van der Waals surface area contributed by atoms with E-state index in [-0.39, 0.29) is 18.1 Å². The third-order valence-electron chi connectivity index (χ3n) is 4.07. The molecule has 2 aliphatic heterocycles. The van der Waals surface area contributed by atoms with E-state index >= 15 is 0 Å². The van der Waals surface area contributed by atoms with Gasteiger partial charge < -0.3 is 20.5 Å². The van der Waals surface area contributed by atoms with E-state index in [1.54, 1.807) is 6.07 Å².